The van der Waals surface area contributed by atoms with Crippen LogP contribution in [-0.4, -0.2) is 23.9 Å². The standard InChI is InChI=1S/C14H20F2N2O/c1-4-18(13(19)14(2,3)9-17)8-10-5-6-11(15)12(16)7-10/h5-7H,4,8-9,17H2,1-3H3. The second-order valence-electron chi connectivity index (χ2n) is 5.16. The maximum Gasteiger partial charge on any atom is 0.229 e. The highest BCUT2D eigenvalue weighted by molar-refractivity contribution is 5.82. The fraction of sp³-hybridized carbons (Fsp3) is 0.500. The Bertz CT molecular complexity index is 461. The number of nitrogens with two attached hydrogens (primary N) is 1. The molecular formula is C14H20F2N2O. The molecule has 0 aliphatic carbocycles. The molecule has 0 unspecified atom stereocenters. The van der Waals surface area contributed by atoms with Gasteiger partial charge in [0.1, 0.15) is 0 Å². The molecule has 0 fully saturated rings. The zero-order valence-corrected chi connectivity index (χ0v) is 11.5. The predicted octanol–water partition coefficient (Wildman–Crippen LogP) is 2.30. The van der Waals surface area contributed by atoms with Crippen molar-refractivity contribution < 1.29 is 13.6 Å². The van der Waals surface area contributed by atoms with Crippen molar-refractivity contribution in [1.82, 2.24) is 4.90 Å². The lowest BCUT2D eigenvalue weighted by Crippen LogP contribution is -2.44. The van der Waals surface area contributed by atoms with Crippen LogP contribution in [0.3, 0.4) is 0 Å². The van der Waals surface area contributed by atoms with Crippen LogP contribution in [0.5, 0.6) is 0 Å². The third-order valence-corrected chi connectivity index (χ3v) is 3.12. The SMILES string of the molecule is CCN(Cc1ccc(F)c(F)c1)C(=O)C(C)(C)CN. The van der Waals surface area contributed by atoms with E-state index < -0.39 is 17.0 Å². The molecule has 0 heterocycles. The topological polar surface area (TPSA) is 46.3 Å². The van der Waals surface area contributed by atoms with Crippen LogP contribution in [0.2, 0.25) is 0 Å². The van der Waals surface area contributed by atoms with Crippen molar-refractivity contribution in [2.45, 2.75) is 27.3 Å². The summed E-state index contributed by atoms with van der Waals surface area (Å²) in [5.74, 6) is -1.89. The van der Waals surface area contributed by atoms with Crippen molar-refractivity contribution in [3.8, 4) is 0 Å². The zero-order chi connectivity index (χ0) is 14.6. The van der Waals surface area contributed by atoms with Gasteiger partial charge in [0.2, 0.25) is 5.91 Å². The molecule has 2 N–H and O–H groups in total. The van der Waals surface area contributed by atoms with E-state index in [9.17, 15) is 13.6 Å². The largest absolute Gasteiger partial charge is 0.338 e. The summed E-state index contributed by atoms with van der Waals surface area (Å²) >= 11 is 0. The van der Waals surface area contributed by atoms with Gasteiger partial charge in [-0.2, -0.15) is 0 Å². The smallest absolute Gasteiger partial charge is 0.229 e. The van der Waals surface area contributed by atoms with Gasteiger partial charge in [-0.25, -0.2) is 8.78 Å². The lowest BCUT2D eigenvalue weighted by atomic mass is 9.91. The lowest BCUT2D eigenvalue weighted by Gasteiger charge is -2.30. The molecule has 0 spiro atoms. The van der Waals surface area contributed by atoms with Crippen LogP contribution < -0.4 is 5.73 Å². The maximum absolute atomic E-state index is 13.1. The minimum absolute atomic E-state index is 0.0952. The molecule has 0 bridgehead atoms. The van der Waals surface area contributed by atoms with E-state index in [1.54, 1.807) is 18.7 Å². The fourth-order valence-corrected chi connectivity index (χ4v) is 1.70. The van der Waals surface area contributed by atoms with Gasteiger partial charge in [-0.05, 0) is 38.5 Å². The third-order valence-electron chi connectivity index (χ3n) is 3.12. The van der Waals surface area contributed by atoms with Crippen LogP contribution in [0.25, 0.3) is 0 Å². The Balaban J connectivity index is 2.88. The summed E-state index contributed by atoms with van der Waals surface area (Å²) < 4.78 is 26.0. The highest BCUT2D eigenvalue weighted by Crippen LogP contribution is 2.19. The molecule has 0 radical (unpaired) electrons. The Labute approximate surface area is 112 Å². The first kappa shape index (κ1) is 15.6. The van der Waals surface area contributed by atoms with E-state index in [2.05, 4.69) is 0 Å². The van der Waals surface area contributed by atoms with Crippen molar-refractivity contribution in [2.24, 2.45) is 11.1 Å². The number of nitrogens with zero attached hydrogens (tertiary/aromatic N) is 1. The van der Waals surface area contributed by atoms with Gasteiger partial charge in [-0.1, -0.05) is 6.07 Å². The van der Waals surface area contributed by atoms with Crippen molar-refractivity contribution in [1.29, 1.82) is 0 Å². The van der Waals surface area contributed by atoms with E-state index in [-0.39, 0.29) is 19.0 Å². The van der Waals surface area contributed by atoms with Gasteiger partial charge >= 0.3 is 0 Å². The molecule has 0 aromatic heterocycles. The summed E-state index contributed by atoms with van der Waals surface area (Å²) in [6.07, 6.45) is 0. The van der Waals surface area contributed by atoms with E-state index in [4.69, 9.17) is 5.73 Å². The van der Waals surface area contributed by atoms with Crippen molar-refractivity contribution >= 4 is 5.91 Å². The van der Waals surface area contributed by atoms with Gasteiger partial charge in [0, 0.05) is 19.6 Å². The first-order valence-electron chi connectivity index (χ1n) is 6.25. The van der Waals surface area contributed by atoms with Gasteiger partial charge in [-0.15, -0.1) is 0 Å². The molecule has 106 valence electrons. The summed E-state index contributed by atoms with van der Waals surface area (Å²) in [5.41, 5.74) is 5.48. The average molecular weight is 270 g/mol. The van der Waals surface area contributed by atoms with Crippen LogP contribution in [0, 0.1) is 17.0 Å². The highest BCUT2D eigenvalue weighted by atomic mass is 19.2. The summed E-state index contributed by atoms with van der Waals surface area (Å²) in [4.78, 5) is 13.8. The second-order valence-corrected chi connectivity index (χ2v) is 5.16. The number of hydrogen-bond donors (Lipinski definition) is 1. The predicted molar refractivity (Wildman–Crippen MR) is 70.3 cm³/mol. The molecule has 1 rings (SSSR count). The maximum atomic E-state index is 13.1. The first-order chi connectivity index (χ1) is 8.81. The highest BCUT2D eigenvalue weighted by Gasteiger charge is 2.30. The molecule has 0 aliphatic rings. The molecule has 0 aliphatic heterocycles. The summed E-state index contributed by atoms with van der Waals surface area (Å²) in [5, 5.41) is 0. The Morgan fingerprint density at radius 3 is 2.42 bits per heavy atom. The minimum Gasteiger partial charge on any atom is -0.338 e. The Hall–Kier alpha value is -1.49. The number of rotatable bonds is 5. The molecule has 0 saturated carbocycles. The molecule has 3 nitrogen and oxygen atoms in total. The number of carbonyl (C=O) groups is 1. The molecule has 19 heavy (non-hydrogen) atoms. The van der Waals surface area contributed by atoms with E-state index in [0.29, 0.717) is 12.1 Å². The van der Waals surface area contributed by atoms with E-state index in [0.717, 1.165) is 12.1 Å². The van der Waals surface area contributed by atoms with Gasteiger partial charge in [0.15, 0.2) is 11.6 Å². The van der Waals surface area contributed by atoms with Crippen molar-refractivity contribution in [2.75, 3.05) is 13.1 Å². The normalized spacial score (nSPS) is 11.5. The molecule has 5 heteroatoms. The summed E-state index contributed by atoms with van der Waals surface area (Å²) in [6.45, 7) is 6.34. The van der Waals surface area contributed by atoms with Gasteiger partial charge in [0.05, 0.1) is 5.41 Å². The monoisotopic (exact) mass is 270 g/mol. The number of hydrogen-bond acceptors (Lipinski definition) is 2. The molecule has 1 aromatic rings. The molecule has 0 atom stereocenters. The number of halogens is 2. The lowest BCUT2D eigenvalue weighted by molar-refractivity contribution is -0.140. The number of amides is 1. The minimum atomic E-state index is -0.904. The molecule has 1 aromatic carbocycles. The molecule has 1 amide bonds. The van der Waals surface area contributed by atoms with Crippen LogP contribution in [0.1, 0.15) is 26.3 Å². The number of benzene rings is 1. The van der Waals surface area contributed by atoms with E-state index in [1.165, 1.54) is 6.07 Å². The second kappa shape index (κ2) is 6.10. The zero-order valence-electron chi connectivity index (χ0n) is 11.5. The van der Waals surface area contributed by atoms with E-state index in [1.807, 2.05) is 6.92 Å². The van der Waals surface area contributed by atoms with Crippen LogP contribution in [0.4, 0.5) is 8.78 Å². The summed E-state index contributed by atoms with van der Waals surface area (Å²) in [7, 11) is 0. The fourth-order valence-electron chi connectivity index (χ4n) is 1.70. The van der Waals surface area contributed by atoms with Crippen molar-refractivity contribution in [3.05, 3.63) is 35.4 Å². The Morgan fingerprint density at radius 2 is 1.95 bits per heavy atom. The van der Waals surface area contributed by atoms with Crippen LogP contribution >= 0.6 is 0 Å². The van der Waals surface area contributed by atoms with Gasteiger partial charge in [0.25, 0.3) is 0 Å². The Morgan fingerprint density at radius 1 is 1.32 bits per heavy atom. The molecular weight excluding hydrogens is 250 g/mol. The van der Waals surface area contributed by atoms with Gasteiger partial charge in [-0.3, -0.25) is 4.79 Å². The van der Waals surface area contributed by atoms with E-state index >= 15 is 0 Å². The van der Waals surface area contributed by atoms with Gasteiger partial charge < -0.3 is 10.6 Å². The Kier molecular flexibility index (Phi) is 5.00. The number of carbonyl (C=O) groups excluding carboxylic acids is 1. The van der Waals surface area contributed by atoms with Crippen LogP contribution in [0.15, 0.2) is 18.2 Å². The van der Waals surface area contributed by atoms with Crippen LogP contribution in [-0.2, 0) is 11.3 Å². The quantitative estimate of drug-likeness (QED) is 0.892. The first-order valence-corrected chi connectivity index (χ1v) is 6.25. The average Bonchev–Trinajstić information content (AvgIpc) is 2.39. The molecule has 0 saturated heterocycles. The van der Waals surface area contributed by atoms with Crippen molar-refractivity contribution in [3.63, 3.8) is 0 Å². The summed E-state index contributed by atoms with van der Waals surface area (Å²) in [6, 6.07) is 3.65. The third kappa shape index (κ3) is 3.73.